The van der Waals surface area contributed by atoms with Gasteiger partial charge in [-0.3, -0.25) is 4.79 Å². The van der Waals surface area contributed by atoms with E-state index < -0.39 is 5.97 Å². The molecule has 3 aromatic carbocycles. The minimum absolute atomic E-state index is 0.0216. The maximum Gasteiger partial charge on any atom is 0.364 e. The standard InChI is InChI=1S/C23H17ClN2O4/c24-19-10-12-21(18-9-5-4-8-17(18)19)30-23(28)20-11-13-22(27)26(25-20)14-15-29-16-6-2-1-3-7-16/h1-13H,14-15H2. The van der Waals surface area contributed by atoms with Crippen LogP contribution in [-0.4, -0.2) is 22.4 Å². The van der Waals surface area contributed by atoms with Crippen molar-refractivity contribution in [3.63, 3.8) is 0 Å². The van der Waals surface area contributed by atoms with Crippen molar-refractivity contribution in [1.29, 1.82) is 0 Å². The summed E-state index contributed by atoms with van der Waals surface area (Å²) in [7, 11) is 0. The SMILES string of the molecule is O=C(Oc1ccc(Cl)c2ccccc12)c1ccc(=O)n(CCOc2ccccc2)n1. The number of fused-ring (bicyclic) bond motifs is 1. The van der Waals surface area contributed by atoms with Crippen LogP contribution >= 0.6 is 11.6 Å². The van der Waals surface area contributed by atoms with Gasteiger partial charge in [-0.15, -0.1) is 0 Å². The fourth-order valence-corrected chi connectivity index (χ4v) is 3.19. The van der Waals surface area contributed by atoms with Gasteiger partial charge in [0.15, 0.2) is 5.69 Å². The van der Waals surface area contributed by atoms with E-state index in [9.17, 15) is 9.59 Å². The van der Waals surface area contributed by atoms with Crippen LogP contribution in [0.15, 0.2) is 83.7 Å². The molecule has 6 nitrogen and oxygen atoms in total. The summed E-state index contributed by atoms with van der Waals surface area (Å²) in [6, 6.07) is 22.5. The number of halogens is 1. The van der Waals surface area contributed by atoms with E-state index in [-0.39, 0.29) is 24.4 Å². The number of hydrogen-bond acceptors (Lipinski definition) is 5. The van der Waals surface area contributed by atoms with Crippen molar-refractivity contribution in [3.05, 3.63) is 99.9 Å². The Bertz CT molecular complexity index is 1260. The molecule has 0 fully saturated rings. The zero-order chi connectivity index (χ0) is 20.9. The van der Waals surface area contributed by atoms with E-state index in [1.165, 1.54) is 16.8 Å². The van der Waals surface area contributed by atoms with Crippen molar-refractivity contribution in [2.24, 2.45) is 0 Å². The first-order valence-corrected chi connectivity index (χ1v) is 9.65. The van der Waals surface area contributed by atoms with Gasteiger partial charge in [-0.25, -0.2) is 9.48 Å². The Kier molecular flexibility index (Phi) is 5.77. The van der Waals surface area contributed by atoms with Crippen molar-refractivity contribution < 1.29 is 14.3 Å². The first kappa shape index (κ1) is 19.7. The number of hydrogen-bond donors (Lipinski definition) is 0. The monoisotopic (exact) mass is 420 g/mol. The molecular weight excluding hydrogens is 404 g/mol. The highest BCUT2D eigenvalue weighted by Gasteiger charge is 2.15. The summed E-state index contributed by atoms with van der Waals surface area (Å²) in [6.07, 6.45) is 0. The van der Waals surface area contributed by atoms with Gasteiger partial charge in [-0.05, 0) is 30.3 Å². The van der Waals surface area contributed by atoms with Crippen LogP contribution in [0.3, 0.4) is 0 Å². The molecule has 1 aromatic heterocycles. The number of carbonyl (C=O) groups is 1. The molecule has 0 spiro atoms. The lowest BCUT2D eigenvalue weighted by molar-refractivity contribution is 0.0727. The number of rotatable bonds is 6. The Hall–Kier alpha value is -3.64. The van der Waals surface area contributed by atoms with Crippen molar-refractivity contribution in [3.8, 4) is 11.5 Å². The molecule has 0 amide bonds. The van der Waals surface area contributed by atoms with Gasteiger partial charge in [-0.2, -0.15) is 5.10 Å². The van der Waals surface area contributed by atoms with Crippen LogP contribution in [-0.2, 0) is 6.54 Å². The third-order valence-electron chi connectivity index (χ3n) is 4.42. The lowest BCUT2D eigenvalue weighted by Crippen LogP contribution is -2.27. The van der Waals surface area contributed by atoms with Gasteiger partial charge in [0.1, 0.15) is 18.1 Å². The minimum atomic E-state index is -0.666. The molecule has 0 aliphatic carbocycles. The summed E-state index contributed by atoms with van der Waals surface area (Å²) in [5.74, 6) is 0.392. The highest BCUT2D eigenvalue weighted by Crippen LogP contribution is 2.31. The summed E-state index contributed by atoms with van der Waals surface area (Å²) in [6.45, 7) is 0.427. The summed E-state index contributed by atoms with van der Waals surface area (Å²) < 4.78 is 12.3. The average Bonchev–Trinajstić information content (AvgIpc) is 2.78. The molecular formula is C23H17ClN2O4. The summed E-state index contributed by atoms with van der Waals surface area (Å²) in [5.41, 5.74) is -0.312. The van der Waals surface area contributed by atoms with Crippen molar-refractivity contribution in [2.75, 3.05) is 6.61 Å². The van der Waals surface area contributed by atoms with Crippen LogP contribution in [0.25, 0.3) is 10.8 Å². The van der Waals surface area contributed by atoms with E-state index in [0.29, 0.717) is 21.9 Å². The molecule has 7 heteroatoms. The molecule has 150 valence electrons. The number of esters is 1. The van der Waals surface area contributed by atoms with Crippen LogP contribution in [0.2, 0.25) is 5.02 Å². The topological polar surface area (TPSA) is 70.4 Å². The van der Waals surface area contributed by atoms with Gasteiger partial charge in [0.25, 0.3) is 5.56 Å². The fourth-order valence-electron chi connectivity index (χ4n) is 2.96. The number of ether oxygens (including phenoxy) is 2. The van der Waals surface area contributed by atoms with Crippen molar-refractivity contribution >= 4 is 28.3 Å². The number of carbonyl (C=O) groups excluding carboxylic acids is 1. The number of aromatic nitrogens is 2. The lowest BCUT2D eigenvalue weighted by atomic mass is 10.1. The van der Waals surface area contributed by atoms with E-state index in [0.717, 1.165) is 5.39 Å². The molecule has 0 N–H and O–H groups in total. The molecule has 0 saturated heterocycles. The Labute approximate surface area is 177 Å². The normalized spacial score (nSPS) is 10.7. The second kappa shape index (κ2) is 8.80. The predicted octanol–water partition coefficient (Wildman–Crippen LogP) is 4.35. The molecule has 30 heavy (non-hydrogen) atoms. The largest absolute Gasteiger partial charge is 0.492 e. The maximum absolute atomic E-state index is 12.6. The summed E-state index contributed by atoms with van der Waals surface area (Å²) >= 11 is 6.21. The third kappa shape index (κ3) is 4.34. The quantitative estimate of drug-likeness (QED) is 0.342. The van der Waals surface area contributed by atoms with E-state index in [1.54, 1.807) is 12.1 Å². The zero-order valence-electron chi connectivity index (χ0n) is 15.8. The maximum atomic E-state index is 12.6. The van der Waals surface area contributed by atoms with Gasteiger partial charge in [0.05, 0.1) is 6.54 Å². The highest BCUT2D eigenvalue weighted by molar-refractivity contribution is 6.35. The third-order valence-corrected chi connectivity index (χ3v) is 4.75. The second-order valence-corrected chi connectivity index (χ2v) is 6.83. The Morgan fingerprint density at radius 3 is 2.43 bits per heavy atom. The molecule has 0 aliphatic heterocycles. The van der Waals surface area contributed by atoms with Crippen molar-refractivity contribution in [1.82, 2.24) is 9.78 Å². The molecule has 0 atom stereocenters. The second-order valence-electron chi connectivity index (χ2n) is 6.42. The van der Waals surface area contributed by atoms with Crippen molar-refractivity contribution in [2.45, 2.75) is 6.54 Å². The highest BCUT2D eigenvalue weighted by atomic mass is 35.5. The first-order valence-electron chi connectivity index (χ1n) is 9.27. The molecule has 0 saturated carbocycles. The lowest BCUT2D eigenvalue weighted by Gasteiger charge is -2.10. The van der Waals surface area contributed by atoms with E-state index in [1.807, 2.05) is 54.6 Å². The van der Waals surface area contributed by atoms with Gasteiger partial charge in [0, 0.05) is 21.9 Å². The summed E-state index contributed by atoms with van der Waals surface area (Å²) in [4.78, 5) is 24.7. The molecule has 0 unspecified atom stereocenters. The molecule has 0 radical (unpaired) electrons. The number of nitrogens with zero attached hydrogens (tertiary/aromatic N) is 2. The van der Waals surface area contributed by atoms with Crippen LogP contribution < -0.4 is 15.0 Å². The van der Waals surface area contributed by atoms with Crippen LogP contribution in [0, 0.1) is 0 Å². The Balaban J connectivity index is 1.50. The molecule has 4 rings (SSSR count). The Morgan fingerprint density at radius 2 is 1.63 bits per heavy atom. The van der Waals surface area contributed by atoms with Gasteiger partial charge < -0.3 is 9.47 Å². The van der Waals surface area contributed by atoms with Gasteiger partial charge >= 0.3 is 5.97 Å². The number of para-hydroxylation sites is 1. The van der Waals surface area contributed by atoms with Gasteiger partial charge in [0.2, 0.25) is 0 Å². The van der Waals surface area contributed by atoms with E-state index in [4.69, 9.17) is 21.1 Å². The smallest absolute Gasteiger partial charge is 0.364 e. The molecule has 1 heterocycles. The number of benzene rings is 3. The molecule has 0 bridgehead atoms. The van der Waals surface area contributed by atoms with E-state index >= 15 is 0 Å². The van der Waals surface area contributed by atoms with Gasteiger partial charge in [-0.1, -0.05) is 54.1 Å². The van der Waals surface area contributed by atoms with Crippen LogP contribution in [0.5, 0.6) is 11.5 Å². The minimum Gasteiger partial charge on any atom is -0.492 e. The first-order chi connectivity index (χ1) is 14.6. The van der Waals surface area contributed by atoms with E-state index in [2.05, 4.69) is 5.10 Å². The molecule has 0 aliphatic rings. The summed E-state index contributed by atoms with van der Waals surface area (Å²) in [5, 5.41) is 6.18. The zero-order valence-corrected chi connectivity index (χ0v) is 16.6. The van der Waals surface area contributed by atoms with Crippen LogP contribution in [0.4, 0.5) is 0 Å². The molecule has 4 aromatic rings. The van der Waals surface area contributed by atoms with Crippen LogP contribution in [0.1, 0.15) is 10.5 Å². The predicted molar refractivity (Wildman–Crippen MR) is 114 cm³/mol. The Morgan fingerprint density at radius 1 is 0.900 bits per heavy atom. The average molecular weight is 421 g/mol. The fraction of sp³-hybridized carbons (Fsp3) is 0.0870.